The maximum absolute atomic E-state index is 5.38. The summed E-state index contributed by atoms with van der Waals surface area (Å²) in [6.45, 7) is 3.06. The van der Waals surface area contributed by atoms with Crippen LogP contribution < -0.4 is 10.0 Å². The van der Waals surface area contributed by atoms with Gasteiger partial charge in [-0.25, -0.2) is 0 Å². The average Bonchev–Trinajstić information content (AvgIpc) is 2.47. The van der Waals surface area contributed by atoms with Crippen LogP contribution in [0.4, 0.5) is 0 Å². The second-order valence-corrected chi connectivity index (χ2v) is 5.55. The fraction of sp³-hybridized carbons (Fsp3) is 0.714. The van der Waals surface area contributed by atoms with Crippen LogP contribution in [0.5, 0.6) is 0 Å². The SMILES string of the molecule is CO/C(=C/CC(C)OC)CCSNC1CC=CNC1. The Morgan fingerprint density at radius 2 is 2.42 bits per heavy atom. The first-order valence-electron chi connectivity index (χ1n) is 6.77. The van der Waals surface area contributed by atoms with Crippen molar-refractivity contribution in [3.63, 3.8) is 0 Å². The number of ether oxygens (including phenoxy) is 2. The summed E-state index contributed by atoms with van der Waals surface area (Å²) in [6.07, 6.45) is 9.49. The molecule has 2 atom stereocenters. The fourth-order valence-corrected chi connectivity index (χ4v) is 2.54. The zero-order valence-corrected chi connectivity index (χ0v) is 13.0. The Kier molecular flexibility index (Phi) is 8.79. The van der Waals surface area contributed by atoms with Crippen molar-refractivity contribution in [1.82, 2.24) is 10.0 Å². The van der Waals surface area contributed by atoms with Crippen molar-refractivity contribution in [3.05, 3.63) is 24.1 Å². The molecule has 0 bridgehead atoms. The zero-order chi connectivity index (χ0) is 13.9. The molecule has 0 radical (unpaired) electrons. The molecular formula is C14H26N2O2S. The van der Waals surface area contributed by atoms with Crippen molar-refractivity contribution in [3.8, 4) is 0 Å². The van der Waals surface area contributed by atoms with Gasteiger partial charge in [0.2, 0.25) is 0 Å². The number of nitrogens with one attached hydrogen (secondary N) is 2. The summed E-state index contributed by atoms with van der Waals surface area (Å²) in [4.78, 5) is 0. The second-order valence-electron chi connectivity index (χ2n) is 4.62. The molecule has 2 unspecified atom stereocenters. The van der Waals surface area contributed by atoms with Gasteiger partial charge in [-0.2, -0.15) is 0 Å². The lowest BCUT2D eigenvalue weighted by atomic mass is 10.2. The lowest BCUT2D eigenvalue weighted by molar-refractivity contribution is 0.119. The highest BCUT2D eigenvalue weighted by Gasteiger charge is 2.08. The lowest BCUT2D eigenvalue weighted by Crippen LogP contribution is -2.35. The molecule has 1 aliphatic heterocycles. The van der Waals surface area contributed by atoms with Crippen LogP contribution in [0.3, 0.4) is 0 Å². The molecule has 110 valence electrons. The van der Waals surface area contributed by atoms with Gasteiger partial charge >= 0.3 is 0 Å². The summed E-state index contributed by atoms with van der Waals surface area (Å²) in [5.41, 5.74) is 0. The van der Waals surface area contributed by atoms with Crippen molar-refractivity contribution in [2.45, 2.75) is 38.3 Å². The van der Waals surface area contributed by atoms with Gasteiger partial charge in [-0.1, -0.05) is 18.0 Å². The van der Waals surface area contributed by atoms with Gasteiger partial charge in [-0.05, 0) is 32.0 Å². The third-order valence-electron chi connectivity index (χ3n) is 3.06. The minimum atomic E-state index is 0.246. The summed E-state index contributed by atoms with van der Waals surface area (Å²) in [6, 6.07) is 0.526. The topological polar surface area (TPSA) is 42.5 Å². The molecule has 0 aromatic heterocycles. The Balaban J connectivity index is 2.13. The van der Waals surface area contributed by atoms with E-state index < -0.39 is 0 Å². The van der Waals surface area contributed by atoms with E-state index >= 15 is 0 Å². The van der Waals surface area contributed by atoms with Crippen molar-refractivity contribution in [2.75, 3.05) is 26.5 Å². The van der Waals surface area contributed by atoms with Crippen molar-refractivity contribution in [2.24, 2.45) is 0 Å². The van der Waals surface area contributed by atoms with Crippen LogP contribution in [0.2, 0.25) is 0 Å². The summed E-state index contributed by atoms with van der Waals surface area (Å²) >= 11 is 1.77. The van der Waals surface area contributed by atoms with Crippen molar-refractivity contribution in [1.29, 1.82) is 0 Å². The van der Waals surface area contributed by atoms with Gasteiger partial charge in [-0.3, -0.25) is 4.72 Å². The summed E-state index contributed by atoms with van der Waals surface area (Å²) in [5.74, 6) is 2.06. The molecule has 1 rings (SSSR count). The number of hydrogen-bond donors (Lipinski definition) is 2. The fourth-order valence-electron chi connectivity index (χ4n) is 1.71. The van der Waals surface area contributed by atoms with Crippen LogP contribution in [0, 0.1) is 0 Å². The maximum atomic E-state index is 5.38. The quantitative estimate of drug-likeness (QED) is 0.387. The van der Waals surface area contributed by atoms with E-state index in [1.807, 2.05) is 6.20 Å². The van der Waals surface area contributed by atoms with Crippen LogP contribution in [0.15, 0.2) is 24.1 Å². The number of allylic oxidation sites excluding steroid dienone is 1. The molecule has 0 aromatic rings. The highest BCUT2D eigenvalue weighted by Crippen LogP contribution is 2.11. The third kappa shape index (κ3) is 7.50. The van der Waals surface area contributed by atoms with E-state index in [4.69, 9.17) is 9.47 Å². The van der Waals surface area contributed by atoms with E-state index in [9.17, 15) is 0 Å². The summed E-state index contributed by atoms with van der Waals surface area (Å²) < 4.78 is 14.1. The largest absolute Gasteiger partial charge is 0.501 e. The van der Waals surface area contributed by atoms with Crippen LogP contribution in [-0.4, -0.2) is 38.7 Å². The molecule has 2 N–H and O–H groups in total. The second kappa shape index (κ2) is 10.2. The van der Waals surface area contributed by atoms with E-state index in [2.05, 4.69) is 29.1 Å². The van der Waals surface area contributed by atoms with Crippen LogP contribution in [0.1, 0.15) is 26.2 Å². The van der Waals surface area contributed by atoms with Gasteiger partial charge in [0.25, 0.3) is 0 Å². The molecule has 0 saturated heterocycles. The Morgan fingerprint density at radius 3 is 3.05 bits per heavy atom. The molecule has 5 heteroatoms. The Bertz CT molecular complexity index is 295. The standard InChI is InChI=1S/C14H26N2O2S/c1-12(17-2)6-7-14(18-3)8-10-19-16-13-5-4-9-15-11-13/h4,7,9,12-13,15-16H,5-6,8,10-11H2,1-3H3/b14-7+. The average molecular weight is 286 g/mol. The molecule has 0 spiro atoms. The molecular weight excluding hydrogens is 260 g/mol. The highest BCUT2D eigenvalue weighted by molar-refractivity contribution is 7.97. The first-order valence-corrected chi connectivity index (χ1v) is 7.76. The summed E-state index contributed by atoms with van der Waals surface area (Å²) in [5, 5.41) is 3.23. The smallest absolute Gasteiger partial charge is 0.0925 e. The Labute approximate surface area is 121 Å². The van der Waals surface area contributed by atoms with Gasteiger partial charge in [0.15, 0.2) is 0 Å². The maximum Gasteiger partial charge on any atom is 0.0925 e. The first-order chi connectivity index (χ1) is 9.26. The number of methoxy groups -OCH3 is 2. The van der Waals surface area contributed by atoms with E-state index in [0.717, 1.165) is 37.3 Å². The first kappa shape index (κ1) is 16.4. The normalized spacial score (nSPS) is 21.0. The van der Waals surface area contributed by atoms with Gasteiger partial charge < -0.3 is 14.8 Å². The Morgan fingerprint density at radius 1 is 1.58 bits per heavy atom. The third-order valence-corrected chi connectivity index (χ3v) is 3.97. The van der Waals surface area contributed by atoms with Crippen LogP contribution >= 0.6 is 11.9 Å². The Hall–Kier alpha value is -0.650. The van der Waals surface area contributed by atoms with Gasteiger partial charge in [0, 0.05) is 31.9 Å². The zero-order valence-electron chi connectivity index (χ0n) is 12.1. The van der Waals surface area contributed by atoms with E-state index in [1.165, 1.54) is 0 Å². The predicted molar refractivity (Wildman–Crippen MR) is 81.9 cm³/mol. The molecule has 4 nitrogen and oxygen atoms in total. The van der Waals surface area contributed by atoms with E-state index in [1.54, 1.807) is 26.2 Å². The van der Waals surface area contributed by atoms with Crippen molar-refractivity contribution < 1.29 is 9.47 Å². The van der Waals surface area contributed by atoms with Gasteiger partial charge in [0.1, 0.15) is 0 Å². The van der Waals surface area contributed by atoms with Crippen molar-refractivity contribution >= 4 is 11.9 Å². The molecule has 0 saturated carbocycles. The summed E-state index contributed by atoms with van der Waals surface area (Å²) in [7, 11) is 3.47. The van der Waals surface area contributed by atoms with Gasteiger partial charge in [-0.15, -0.1) is 0 Å². The molecule has 0 aliphatic carbocycles. The minimum Gasteiger partial charge on any atom is -0.501 e. The minimum absolute atomic E-state index is 0.246. The molecule has 1 aliphatic rings. The highest BCUT2D eigenvalue weighted by atomic mass is 32.2. The van der Waals surface area contributed by atoms with E-state index in [-0.39, 0.29) is 6.10 Å². The number of rotatable bonds is 9. The molecule has 1 heterocycles. The molecule has 0 aromatic carbocycles. The molecule has 0 fully saturated rings. The predicted octanol–water partition coefficient (Wildman–Crippen LogP) is 2.45. The number of hydrogen-bond acceptors (Lipinski definition) is 5. The van der Waals surface area contributed by atoms with Crippen LogP contribution in [-0.2, 0) is 9.47 Å². The monoisotopic (exact) mass is 286 g/mol. The molecule has 0 amide bonds. The van der Waals surface area contributed by atoms with Crippen LogP contribution in [0.25, 0.3) is 0 Å². The lowest BCUT2D eigenvalue weighted by Gasteiger charge is -2.19. The van der Waals surface area contributed by atoms with Gasteiger partial charge in [0.05, 0.1) is 19.0 Å². The van der Waals surface area contributed by atoms with E-state index in [0.29, 0.717) is 6.04 Å². The molecule has 19 heavy (non-hydrogen) atoms.